The highest BCUT2D eigenvalue weighted by molar-refractivity contribution is 4.91. The first-order valence-electron chi connectivity index (χ1n) is 6.26. The van der Waals surface area contributed by atoms with Crippen LogP contribution in [0.1, 0.15) is 40.0 Å². The van der Waals surface area contributed by atoms with Crippen LogP contribution >= 0.6 is 0 Å². The second-order valence-corrected chi connectivity index (χ2v) is 5.69. The highest BCUT2D eigenvalue weighted by atomic mass is 16.3. The SMILES string of the molecule is CC(O)C1CCN(CCCC(C)(C)C#N)C1. The van der Waals surface area contributed by atoms with Crippen molar-refractivity contribution in [2.75, 3.05) is 19.6 Å². The van der Waals surface area contributed by atoms with E-state index in [4.69, 9.17) is 5.26 Å². The maximum atomic E-state index is 9.49. The lowest BCUT2D eigenvalue weighted by Crippen LogP contribution is -2.26. The molecule has 16 heavy (non-hydrogen) atoms. The zero-order valence-electron chi connectivity index (χ0n) is 10.7. The molecule has 3 heteroatoms. The molecule has 0 amide bonds. The van der Waals surface area contributed by atoms with Crippen LogP contribution in [-0.2, 0) is 0 Å². The summed E-state index contributed by atoms with van der Waals surface area (Å²) >= 11 is 0. The summed E-state index contributed by atoms with van der Waals surface area (Å²) in [6, 6.07) is 2.34. The van der Waals surface area contributed by atoms with Crippen LogP contribution < -0.4 is 0 Å². The molecule has 1 saturated heterocycles. The molecule has 1 fully saturated rings. The van der Waals surface area contributed by atoms with Crippen molar-refractivity contribution in [1.29, 1.82) is 5.26 Å². The molecule has 2 unspecified atom stereocenters. The van der Waals surface area contributed by atoms with E-state index in [0.29, 0.717) is 5.92 Å². The van der Waals surface area contributed by atoms with Gasteiger partial charge in [-0.05, 0) is 59.0 Å². The smallest absolute Gasteiger partial charge is 0.0683 e. The fourth-order valence-corrected chi connectivity index (χ4v) is 2.26. The zero-order chi connectivity index (χ0) is 12.2. The van der Waals surface area contributed by atoms with Crippen LogP contribution in [0.5, 0.6) is 0 Å². The van der Waals surface area contributed by atoms with Gasteiger partial charge in [0.15, 0.2) is 0 Å². The van der Waals surface area contributed by atoms with Crippen LogP contribution in [-0.4, -0.2) is 35.7 Å². The minimum Gasteiger partial charge on any atom is -0.393 e. The van der Waals surface area contributed by atoms with Gasteiger partial charge in [-0.1, -0.05) is 0 Å². The molecular formula is C13H24N2O. The van der Waals surface area contributed by atoms with Gasteiger partial charge in [0, 0.05) is 6.54 Å². The number of hydrogen-bond donors (Lipinski definition) is 1. The normalized spacial score (nSPS) is 24.3. The van der Waals surface area contributed by atoms with Crippen molar-refractivity contribution < 1.29 is 5.11 Å². The molecule has 92 valence electrons. The van der Waals surface area contributed by atoms with Crippen molar-refractivity contribution >= 4 is 0 Å². The van der Waals surface area contributed by atoms with Crippen LogP contribution in [0.2, 0.25) is 0 Å². The van der Waals surface area contributed by atoms with Crippen LogP contribution in [0.4, 0.5) is 0 Å². The van der Waals surface area contributed by atoms with Gasteiger partial charge in [0.2, 0.25) is 0 Å². The molecule has 1 rings (SSSR count). The maximum Gasteiger partial charge on any atom is 0.0683 e. The molecule has 0 aromatic rings. The first-order valence-corrected chi connectivity index (χ1v) is 6.26. The van der Waals surface area contributed by atoms with Gasteiger partial charge in [-0.15, -0.1) is 0 Å². The Bertz CT molecular complexity index is 255. The predicted molar refractivity (Wildman–Crippen MR) is 64.9 cm³/mol. The fourth-order valence-electron chi connectivity index (χ4n) is 2.26. The Morgan fingerprint density at radius 2 is 2.25 bits per heavy atom. The van der Waals surface area contributed by atoms with E-state index < -0.39 is 0 Å². The molecule has 2 atom stereocenters. The first kappa shape index (κ1) is 13.5. The Morgan fingerprint density at radius 3 is 2.75 bits per heavy atom. The quantitative estimate of drug-likeness (QED) is 0.777. The standard InChI is InChI=1S/C13H24N2O/c1-11(16)12-5-8-15(9-12)7-4-6-13(2,3)10-14/h11-12,16H,4-9H2,1-3H3. The molecule has 1 aliphatic rings. The topological polar surface area (TPSA) is 47.3 Å². The molecular weight excluding hydrogens is 200 g/mol. The van der Waals surface area contributed by atoms with E-state index >= 15 is 0 Å². The van der Waals surface area contributed by atoms with E-state index in [-0.39, 0.29) is 11.5 Å². The third-order valence-corrected chi connectivity index (χ3v) is 3.57. The van der Waals surface area contributed by atoms with Crippen molar-refractivity contribution in [3.63, 3.8) is 0 Å². The summed E-state index contributed by atoms with van der Waals surface area (Å²) in [4.78, 5) is 2.41. The lowest BCUT2D eigenvalue weighted by molar-refractivity contribution is 0.127. The monoisotopic (exact) mass is 224 g/mol. The molecule has 0 radical (unpaired) electrons. The lowest BCUT2D eigenvalue weighted by Gasteiger charge is -2.20. The molecule has 1 N–H and O–H groups in total. The van der Waals surface area contributed by atoms with Gasteiger partial charge in [-0.3, -0.25) is 0 Å². The van der Waals surface area contributed by atoms with Crippen molar-refractivity contribution in [3.8, 4) is 6.07 Å². The average Bonchev–Trinajstić information content (AvgIpc) is 2.66. The third-order valence-electron chi connectivity index (χ3n) is 3.57. The van der Waals surface area contributed by atoms with E-state index in [1.807, 2.05) is 20.8 Å². The number of rotatable bonds is 5. The number of aliphatic hydroxyl groups is 1. The van der Waals surface area contributed by atoms with E-state index in [0.717, 1.165) is 38.9 Å². The van der Waals surface area contributed by atoms with Crippen LogP contribution in [0.3, 0.4) is 0 Å². The predicted octanol–water partition coefficient (Wildman–Crippen LogP) is 2.02. The summed E-state index contributed by atoms with van der Waals surface area (Å²) in [5.41, 5.74) is -0.191. The van der Waals surface area contributed by atoms with Crippen molar-refractivity contribution in [1.82, 2.24) is 4.90 Å². The van der Waals surface area contributed by atoms with Crippen LogP contribution in [0.15, 0.2) is 0 Å². The number of likely N-dealkylation sites (tertiary alicyclic amines) is 1. The van der Waals surface area contributed by atoms with Crippen LogP contribution in [0, 0.1) is 22.7 Å². The summed E-state index contributed by atoms with van der Waals surface area (Å²) < 4.78 is 0. The summed E-state index contributed by atoms with van der Waals surface area (Å²) in [6.07, 6.45) is 2.96. The van der Waals surface area contributed by atoms with Crippen molar-refractivity contribution in [2.24, 2.45) is 11.3 Å². The van der Waals surface area contributed by atoms with Crippen molar-refractivity contribution in [2.45, 2.75) is 46.1 Å². The van der Waals surface area contributed by atoms with Crippen molar-refractivity contribution in [3.05, 3.63) is 0 Å². The summed E-state index contributed by atoms with van der Waals surface area (Å²) in [5.74, 6) is 0.448. The zero-order valence-corrected chi connectivity index (χ0v) is 10.7. The van der Waals surface area contributed by atoms with E-state index in [2.05, 4.69) is 11.0 Å². The maximum absolute atomic E-state index is 9.49. The van der Waals surface area contributed by atoms with E-state index in [9.17, 15) is 5.11 Å². The average molecular weight is 224 g/mol. The summed E-state index contributed by atoms with van der Waals surface area (Å²) in [5, 5.41) is 18.4. The molecule has 0 saturated carbocycles. The summed E-state index contributed by atoms with van der Waals surface area (Å²) in [6.45, 7) is 9.06. The number of hydrogen-bond acceptors (Lipinski definition) is 3. The highest BCUT2D eigenvalue weighted by Gasteiger charge is 2.26. The minimum absolute atomic E-state index is 0.180. The molecule has 0 spiro atoms. The third kappa shape index (κ3) is 4.11. The van der Waals surface area contributed by atoms with Gasteiger partial charge in [0.25, 0.3) is 0 Å². The highest BCUT2D eigenvalue weighted by Crippen LogP contribution is 2.23. The second-order valence-electron chi connectivity index (χ2n) is 5.69. The molecule has 3 nitrogen and oxygen atoms in total. The van der Waals surface area contributed by atoms with Gasteiger partial charge < -0.3 is 10.0 Å². The van der Waals surface area contributed by atoms with Gasteiger partial charge >= 0.3 is 0 Å². The minimum atomic E-state index is -0.191. The van der Waals surface area contributed by atoms with Gasteiger partial charge in [-0.25, -0.2) is 0 Å². The summed E-state index contributed by atoms with van der Waals surface area (Å²) in [7, 11) is 0. The number of nitrogens with zero attached hydrogens (tertiary/aromatic N) is 2. The Morgan fingerprint density at radius 1 is 1.56 bits per heavy atom. The molecule has 1 aliphatic heterocycles. The lowest BCUT2D eigenvalue weighted by atomic mass is 9.90. The molecule has 0 aliphatic carbocycles. The molecule has 0 aromatic heterocycles. The molecule has 1 heterocycles. The van der Waals surface area contributed by atoms with E-state index in [1.54, 1.807) is 0 Å². The Kier molecular flexibility index (Phi) is 4.76. The first-order chi connectivity index (χ1) is 7.44. The number of nitriles is 1. The Labute approximate surface area is 99.1 Å². The Balaban J connectivity index is 2.19. The largest absolute Gasteiger partial charge is 0.393 e. The number of aliphatic hydroxyl groups excluding tert-OH is 1. The van der Waals surface area contributed by atoms with E-state index in [1.165, 1.54) is 0 Å². The fraction of sp³-hybridized carbons (Fsp3) is 0.923. The van der Waals surface area contributed by atoms with Crippen LogP contribution in [0.25, 0.3) is 0 Å². The Hall–Kier alpha value is -0.590. The van der Waals surface area contributed by atoms with Gasteiger partial charge in [0.1, 0.15) is 0 Å². The van der Waals surface area contributed by atoms with Gasteiger partial charge in [0.05, 0.1) is 17.6 Å². The molecule has 0 bridgehead atoms. The van der Waals surface area contributed by atoms with Gasteiger partial charge in [-0.2, -0.15) is 5.26 Å². The second kappa shape index (κ2) is 5.65. The molecule has 0 aromatic carbocycles.